The molecule has 1 N–H and O–H groups in total. The summed E-state index contributed by atoms with van der Waals surface area (Å²) in [5, 5.41) is 14.9. The van der Waals surface area contributed by atoms with E-state index in [4.69, 9.17) is 9.47 Å². The van der Waals surface area contributed by atoms with Gasteiger partial charge in [0, 0.05) is 11.6 Å². The van der Waals surface area contributed by atoms with E-state index in [1.54, 1.807) is 48.5 Å². The number of nitrogens with one attached hydrogen (secondary N) is 1. The van der Waals surface area contributed by atoms with Crippen LogP contribution in [0.25, 0.3) is 0 Å². The Kier molecular flexibility index (Phi) is 6.69. The lowest BCUT2D eigenvalue weighted by atomic mass is 10.2. The summed E-state index contributed by atoms with van der Waals surface area (Å²) in [5.74, 6) is -0.478. The van der Waals surface area contributed by atoms with Gasteiger partial charge in [0.1, 0.15) is 17.1 Å². The van der Waals surface area contributed by atoms with Gasteiger partial charge in [-0.2, -0.15) is 5.10 Å². The van der Waals surface area contributed by atoms with E-state index in [-0.39, 0.29) is 17.0 Å². The molecule has 0 saturated carbocycles. The lowest BCUT2D eigenvalue weighted by Crippen LogP contribution is -2.19. The number of methoxy groups -OCH3 is 1. The smallest absolute Gasteiger partial charge is 0.343 e. The Morgan fingerprint density at radius 3 is 2.39 bits per heavy atom. The monoisotopic (exact) mass is 419 g/mol. The normalized spacial score (nSPS) is 10.5. The summed E-state index contributed by atoms with van der Waals surface area (Å²) in [6, 6.07) is 18.6. The number of benzene rings is 3. The molecule has 3 rings (SSSR count). The van der Waals surface area contributed by atoms with Gasteiger partial charge >= 0.3 is 5.97 Å². The molecule has 0 bridgehead atoms. The minimum atomic E-state index is -0.740. The number of nitro benzene ring substituents is 1. The van der Waals surface area contributed by atoms with Crippen LogP contribution in [0.4, 0.5) is 5.69 Å². The van der Waals surface area contributed by atoms with Crippen LogP contribution in [0.1, 0.15) is 26.3 Å². The Labute approximate surface area is 177 Å². The average molecular weight is 419 g/mol. The highest BCUT2D eigenvalue weighted by Crippen LogP contribution is 2.20. The first-order chi connectivity index (χ1) is 15.0. The van der Waals surface area contributed by atoms with Gasteiger partial charge < -0.3 is 9.47 Å². The van der Waals surface area contributed by atoms with Gasteiger partial charge in [0.05, 0.1) is 23.8 Å². The van der Waals surface area contributed by atoms with E-state index in [0.29, 0.717) is 16.9 Å². The highest BCUT2D eigenvalue weighted by molar-refractivity contribution is 5.99. The number of carbonyl (C=O) groups is 2. The third-order valence-electron chi connectivity index (χ3n) is 4.16. The molecule has 0 aliphatic rings. The zero-order valence-electron chi connectivity index (χ0n) is 16.3. The maximum atomic E-state index is 12.4. The van der Waals surface area contributed by atoms with Crippen molar-refractivity contribution in [2.45, 2.75) is 0 Å². The van der Waals surface area contributed by atoms with Crippen LogP contribution in [0.15, 0.2) is 77.9 Å². The van der Waals surface area contributed by atoms with Crippen molar-refractivity contribution < 1.29 is 24.0 Å². The topological polar surface area (TPSA) is 120 Å². The molecule has 3 aromatic carbocycles. The van der Waals surface area contributed by atoms with Gasteiger partial charge in [0.2, 0.25) is 0 Å². The minimum absolute atomic E-state index is 0.121. The van der Waals surface area contributed by atoms with E-state index in [0.717, 1.165) is 0 Å². The van der Waals surface area contributed by atoms with E-state index in [9.17, 15) is 19.7 Å². The molecule has 0 saturated heterocycles. The van der Waals surface area contributed by atoms with Crippen LogP contribution in [0, 0.1) is 10.1 Å². The van der Waals surface area contributed by atoms with E-state index < -0.39 is 16.8 Å². The van der Waals surface area contributed by atoms with Crippen LogP contribution in [-0.2, 0) is 0 Å². The van der Waals surface area contributed by atoms with Crippen molar-refractivity contribution in [3.63, 3.8) is 0 Å². The quantitative estimate of drug-likeness (QED) is 0.205. The van der Waals surface area contributed by atoms with E-state index >= 15 is 0 Å². The number of nitrogens with zero attached hydrogens (tertiary/aromatic N) is 2. The summed E-state index contributed by atoms with van der Waals surface area (Å²) < 4.78 is 10.5. The van der Waals surface area contributed by atoms with E-state index in [1.165, 1.54) is 37.6 Å². The van der Waals surface area contributed by atoms with Crippen LogP contribution in [0.5, 0.6) is 11.5 Å². The maximum Gasteiger partial charge on any atom is 0.343 e. The van der Waals surface area contributed by atoms with Crippen molar-refractivity contribution in [1.29, 1.82) is 0 Å². The minimum Gasteiger partial charge on any atom is -0.497 e. The Hall–Kier alpha value is -4.53. The number of hydrazone groups is 1. The van der Waals surface area contributed by atoms with Crippen molar-refractivity contribution >= 4 is 23.8 Å². The molecule has 1 amide bonds. The summed E-state index contributed by atoms with van der Waals surface area (Å²) in [5.41, 5.74) is 2.54. The molecule has 0 heterocycles. The van der Waals surface area contributed by atoms with Crippen LogP contribution >= 0.6 is 0 Å². The molecule has 0 fully saturated rings. The second-order valence-electron chi connectivity index (χ2n) is 6.13. The molecule has 0 spiro atoms. The predicted octanol–water partition coefficient (Wildman–Crippen LogP) is 3.59. The molecule has 9 nitrogen and oxygen atoms in total. The number of hydrogen-bond acceptors (Lipinski definition) is 7. The highest BCUT2D eigenvalue weighted by Gasteiger charge is 2.18. The summed E-state index contributed by atoms with van der Waals surface area (Å²) in [7, 11) is 1.53. The van der Waals surface area contributed by atoms with E-state index in [1.807, 2.05) is 0 Å². The zero-order valence-corrected chi connectivity index (χ0v) is 16.3. The third-order valence-corrected chi connectivity index (χ3v) is 4.16. The number of rotatable bonds is 7. The number of hydrogen-bond donors (Lipinski definition) is 1. The first-order valence-corrected chi connectivity index (χ1v) is 9.01. The fourth-order valence-electron chi connectivity index (χ4n) is 2.61. The number of esters is 1. The van der Waals surface area contributed by atoms with Crippen LogP contribution in [0.3, 0.4) is 0 Å². The molecule has 156 valence electrons. The average Bonchev–Trinajstić information content (AvgIpc) is 2.80. The van der Waals surface area contributed by atoms with Gasteiger partial charge in [-0.3, -0.25) is 14.9 Å². The van der Waals surface area contributed by atoms with Crippen LogP contribution in [-0.4, -0.2) is 30.1 Å². The van der Waals surface area contributed by atoms with Gasteiger partial charge in [-0.15, -0.1) is 0 Å². The fourth-order valence-corrected chi connectivity index (χ4v) is 2.61. The van der Waals surface area contributed by atoms with E-state index in [2.05, 4.69) is 10.5 Å². The van der Waals surface area contributed by atoms with Gasteiger partial charge in [0.15, 0.2) is 0 Å². The number of amides is 1. The molecular weight excluding hydrogens is 402 g/mol. The molecule has 3 aromatic rings. The maximum absolute atomic E-state index is 12.4. The predicted molar refractivity (Wildman–Crippen MR) is 113 cm³/mol. The van der Waals surface area contributed by atoms with Gasteiger partial charge in [-0.05, 0) is 42.5 Å². The number of para-hydroxylation sites is 2. The number of ether oxygens (including phenoxy) is 2. The largest absolute Gasteiger partial charge is 0.497 e. The standard InChI is InChI=1S/C22H17N3O6/c1-30-17-12-10-15(11-13-17)22(27)31-20-9-5-2-6-16(20)14-23-24-21(26)18-7-3-4-8-19(18)25(28)29/h2-14H,1H3,(H,24,26)/b23-14-. The van der Waals surface area contributed by atoms with Crippen molar-refractivity contribution in [1.82, 2.24) is 5.43 Å². The van der Waals surface area contributed by atoms with Gasteiger partial charge in [-0.25, -0.2) is 10.2 Å². The molecule has 9 heteroatoms. The van der Waals surface area contributed by atoms with Crippen LogP contribution < -0.4 is 14.9 Å². The summed E-state index contributed by atoms with van der Waals surface area (Å²) in [6.07, 6.45) is 1.28. The van der Waals surface area contributed by atoms with Crippen molar-refractivity contribution in [3.05, 3.63) is 99.6 Å². The highest BCUT2D eigenvalue weighted by atomic mass is 16.6. The van der Waals surface area contributed by atoms with Crippen molar-refractivity contribution in [2.24, 2.45) is 5.10 Å². The van der Waals surface area contributed by atoms with Gasteiger partial charge in [-0.1, -0.05) is 24.3 Å². The molecule has 0 aliphatic carbocycles. The van der Waals surface area contributed by atoms with Crippen molar-refractivity contribution in [2.75, 3.05) is 7.11 Å². The van der Waals surface area contributed by atoms with Crippen LogP contribution in [0.2, 0.25) is 0 Å². The lowest BCUT2D eigenvalue weighted by Gasteiger charge is -2.08. The Morgan fingerprint density at radius 2 is 1.68 bits per heavy atom. The summed E-state index contributed by atoms with van der Waals surface area (Å²) in [4.78, 5) is 35.0. The zero-order chi connectivity index (χ0) is 22.2. The molecule has 0 atom stereocenters. The third kappa shape index (κ3) is 5.30. The Morgan fingerprint density at radius 1 is 1.00 bits per heavy atom. The second-order valence-corrected chi connectivity index (χ2v) is 6.13. The molecule has 0 aliphatic heterocycles. The summed E-state index contributed by atoms with van der Waals surface area (Å²) >= 11 is 0. The Balaban J connectivity index is 1.71. The fraction of sp³-hybridized carbons (Fsp3) is 0.0455. The Bertz CT molecular complexity index is 1140. The van der Waals surface area contributed by atoms with Crippen molar-refractivity contribution in [3.8, 4) is 11.5 Å². The first-order valence-electron chi connectivity index (χ1n) is 9.01. The molecule has 0 radical (unpaired) electrons. The van der Waals surface area contributed by atoms with Gasteiger partial charge in [0.25, 0.3) is 11.6 Å². The second kappa shape index (κ2) is 9.79. The molecule has 0 aromatic heterocycles. The first kappa shape index (κ1) is 21.2. The molecule has 0 unspecified atom stereocenters. The molecular formula is C22H17N3O6. The SMILES string of the molecule is COc1ccc(C(=O)Oc2ccccc2/C=N\NC(=O)c2ccccc2[N+](=O)[O-])cc1. The number of nitro groups is 1. The number of carbonyl (C=O) groups excluding carboxylic acids is 2. The lowest BCUT2D eigenvalue weighted by molar-refractivity contribution is -0.385. The molecule has 31 heavy (non-hydrogen) atoms. The summed E-state index contributed by atoms with van der Waals surface area (Å²) in [6.45, 7) is 0.